The van der Waals surface area contributed by atoms with E-state index in [9.17, 15) is 18.0 Å². The molecule has 0 aliphatic carbocycles. The molecule has 1 aromatic carbocycles. The number of benzene rings is 1. The standard InChI is InChI=1S/C26H20F3N7OS/c1-13(14-2-4-19(28)20(29)6-14)36-26(37)18-7-15(27)9-32-25(18)33-10-16-3-5-23(38-16)21-8-17-22(11-31-21)34-12-35-24(17)30/h2-9,11-13H,10H2,1H3,(H,32,33)(H,36,37)(H2,30,34,35). The minimum atomic E-state index is -1.02. The number of nitrogens with two attached hydrogens (primary N) is 1. The summed E-state index contributed by atoms with van der Waals surface area (Å²) in [6.45, 7) is 1.92. The quantitative estimate of drug-likeness (QED) is 0.260. The summed E-state index contributed by atoms with van der Waals surface area (Å²) in [6, 6.07) is 9.39. The fraction of sp³-hybridized carbons (Fsp3) is 0.115. The van der Waals surface area contributed by atoms with Crippen LogP contribution in [0.15, 0.2) is 61.2 Å². The van der Waals surface area contributed by atoms with Crippen molar-refractivity contribution < 1.29 is 18.0 Å². The lowest BCUT2D eigenvalue weighted by Crippen LogP contribution is -2.28. The Kier molecular flexibility index (Phi) is 6.88. The van der Waals surface area contributed by atoms with E-state index in [-0.39, 0.29) is 11.4 Å². The van der Waals surface area contributed by atoms with Crippen LogP contribution in [0.25, 0.3) is 21.5 Å². The molecule has 0 aliphatic heterocycles. The maximum atomic E-state index is 14.0. The number of nitrogens with zero attached hydrogens (tertiary/aromatic N) is 4. The number of carbonyl (C=O) groups is 1. The van der Waals surface area contributed by atoms with Crippen molar-refractivity contribution in [3.05, 3.63) is 94.6 Å². The third kappa shape index (κ3) is 5.25. The van der Waals surface area contributed by atoms with E-state index < -0.39 is 29.4 Å². The van der Waals surface area contributed by atoms with Gasteiger partial charge in [-0.25, -0.2) is 28.1 Å². The number of aromatic nitrogens is 4. The summed E-state index contributed by atoms with van der Waals surface area (Å²) < 4.78 is 40.8. The SMILES string of the molecule is CC(NC(=O)c1cc(F)cnc1NCc1ccc(-c2cc3c(N)ncnc3cn2)s1)c1ccc(F)c(F)c1. The van der Waals surface area contributed by atoms with Crippen molar-refractivity contribution in [3.63, 3.8) is 0 Å². The monoisotopic (exact) mass is 535 g/mol. The van der Waals surface area contributed by atoms with Gasteiger partial charge in [-0.2, -0.15) is 0 Å². The van der Waals surface area contributed by atoms with Gasteiger partial charge in [-0.3, -0.25) is 9.78 Å². The van der Waals surface area contributed by atoms with Gasteiger partial charge in [0.2, 0.25) is 0 Å². The number of nitrogens with one attached hydrogen (secondary N) is 2. The molecule has 4 aromatic heterocycles. The molecule has 0 fully saturated rings. The molecule has 0 bridgehead atoms. The Labute approximate surface area is 218 Å². The molecule has 12 heteroatoms. The lowest BCUT2D eigenvalue weighted by molar-refractivity contribution is 0.0939. The Hall–Kier alpha value is -4.58. The zero-order valence-electron chi connectivity index (χ0n) is 19.9. The minimum absolute atomic E-state index is 0.0251. The number of anilines is 2. The highest BCUT2D eigenvalue weighted by molar-refractivity contribution is 7.15. The molecule has 0 saturated heterocycles. The second kappa shape index (κ2) is 10.4. The van der Waals surface area contributed by atoms with Gasteiger partial charge in [0.05, 0.1) is 46.6 Å². The highest BCUT2D eigenvalue weighted by Gasteiger charge is 2.18. The van der Waals surface area contributed by atoms with Crippen LogP contribution in [0.4, 0.5) is 24.8 Å². The number of halogens is 3. The van der Waals surface area contributed by atoms with Crippen molar-refractivity contribution in [2.45, 2.75) is 19.5 Å². The van der Waals surface area contributed by atoms with Crippen molar-refractivity contribution in [1.82, 2.24) is 25.3 Å². The molecule has 0 saturated carbocycles. The van der Waals surface area contributed by atoms with Gasteiger partial charge < -0.3 is 16.4 Å². The molecule has 0 radical (unpaired) electrons. The van der Waals surface area contributed by atoms with Gasteiger partial charge in [-0.05, 0) is 48.9 Å². The van der Waals surface area contributed by atoms with Gasteiger partial charge in [0.1, 0.15) is 23.8 Å². The molecule has 0 spiro atoms. The zero-order valence-corrected chi connectivity index (χ0v) is 20.7. The van der Waals surface area contributed by atoms with E-state index >= 15 is 0 Å². The van der Waals surface area contributed by atoms with Crippen LogP contribution in [0.5, 0.6) is 0 Å². The number of hydrogen-bond acceptors (Lipinski definition) is 8. The molecule has 1 unspecified atom stereocenters. The Morgan fingerprint density at radius 2 is 1.84 bits per heavy atom. The fourth-order valence-corrected chi connectivity index (χ4v) is 4.70. The average molecular weight is 536 g/mol. The fourth-order valence-electron chi connectivity index (χ4n) is 3.79. The summed E-state index contributed by atoms with van der Waals surface area (Å²) in [7, 11) is 0. The molecular formula is C26H20F3N7OS. The number of hydrogen-bond donors (Lipinski definition) is 3. The van der Waals surface area contributed by atoms with Gasteiger partial charge in [-0.1, -0.05) is 6.07 Å². The molecule has 5 rings (SSSR count). The van der Waals surface area contributed by atoms with Crippen LogP contribution in [0.2, 0.25) is 0 Å². The van der Waals surface area contributed by atoms with E-state index in [0.29, 0.717) is 34.5 Å². The van der Waals surface area contributed by atoms with Crippen LogP contribution in [-0.4, -0.2) is 25.8 Å². The summed E-state index contributed by atoms with van der Waals surface area (Å²) in [6.07, 6.45) is 4.02. The molecule has 1 atom stereocenters. The van der Waals surface area contributed by atoms with Crippen LogP contribution in [0.1, 0.15) is 33.8 Å². The third-order valence-corrected chi connectivity index (χ3v) is 6.89. The van der Waals surface area contributed by atoms with Crippen LogP contribution in [0.3, 0.4) is 0 Å². The molecule has 8 nitrogen and oxygen atoms in total. The smallest absolute Gasteiger partial charge is 0.255 e. The molecule has 1 amide bonds. The van der Waals surface area contributed by atoms with E-state index in [2.05, 4.69) is 30.6 Å². The van der Waals surface area contributed by atoms with Gasteiger partial charge in [0.15, 0.2) is 11.6 Å². The van der Waals surface area contributed by atoms with Gasteiger partial charge in [0.25, 0.3) is 5.91 Å². The molecule has 0 aliphatic rings. The largest absolute Gasteiger partial charge is 0.383 e. The first-order valence-corrected chi connectivity index (χ1v) is 12.2. The van der Waals surface area contributed by atoms with Crippen molar-refractivity contribution in [2.24, 2.45) is 0 Å². The van der Waals surface area contributed by atoms with Crippen molar-refractivity contribution in [2.75, 3.05) is 11.1 Å². The van der Waals surface area contributed by atoms with Crippen molar-refractivity contribution >= 4 is 39.8 Å². The van der Waals surface area contributed by atoms with Gasteiger partial charge in [-0.15, -0.1) is 11.3 Å². The van der Waals surface area contributed by atoms with Gasteiger partial charge in [0, 0.05) is 10.3 Å². The maximum Gasteiger partial charge on any atom is 0.255 e. The summed E-state index contributed by atoms with van der Waals surface area (Å²) in [5.74, 6) is -2.79. The lowest BCUT2D eigenvalue weighted by atomic mass is 10.1. The maximum absolute atomic E-state index is 14.0. The number of thiophene rings is 1. The normalized spacial score (nSPS) is 11.9. The Morgan fingerprint density at radius 3 is 2.66 bits per heavy atom. The van der Waals surface area contributed by atoms with E-state index in [4.69, 9.17) is 5.73 Å². The van der Waals surface area contributed by atoms with E-state index in [1.54, 1.807) is 13.1 Å². The highest BCUT2D eigenvalue weighted by Crippen LogP contribution is 2.30. The number of carbonyl (C=O) groups excluding carboxylic acids is 1. The predicted octanol–water partition coefficient (Wildman–Crippen LogP) is 5.25. The van der Waals surface area contributed by atoms with E-state index in [0.717, 1.165) is 34.2 Å². The number of pyridine rings is 2. The summed E-state index contributed by atoms with van der Waals surface area (Å²) in [5, 5.41) is 6.44. The van der Waals surface area contributed by atoms with Gasteiger partial charge >= 0.3 is 0 Å². The summed E-state index contributed by atoms with van der Waals surface area (Å²) in [5.41, 5.74) is 7.65. The van der Waals surface area contributed by atoms with Crippen molar-refractivity contribution in [3.8, 4) is 10.6 Å². The average Bonchev–Trinajstić information content (AvgIpc) is 3.38. The molecule has 192 valence electrons. The highest BCUT2D eigenvalue weighted by atomic mass is 32.1. The first kappa shape index (κ1) is 25.1. The Morgan fingerprint density at radius 1 is 1.00 bits per heavy atom. The summed E-state index contributed by atoms with van der Waals surface area (Å²) >= 11 is 1.47. The predicted molar refractivity (Wildman–Crippen MR) is 139 cm³/mol. The number of nitrogen functional groups attached to an aromatic ring is 1. The van der Waals surface area contributed by atoms with E-state index in [1.807, 2.05) is 18.2 Å². The topological polar surface area (TPSA) is 119 Å². The Bertz CT molecular complexity index is 1660. The second-order valence-corrected chi connectivity index (χ2v) is 9.55. The number of rotatable bonds is 7. The second-order valence-electron chi connectivity index (χ2n) is 8.38. The van der Waals surface area contributed by atoms with Crippen LogP contribution >= 0.6 is 11.3 Å². The van der Waals surface area contributed by atoms with E-state index in [1.165, 1.54) is 23.7 Å². The molecule has 4 N–H and O–H groups in total. The summed E-state index contributed by atoms with van der Waals surface area (Å²) in [4.78, 5) is 31.4. The first-order chi connectivity index (χ1) is 18.3. The molecular weight excluding hydrogens is 515 g/mol. The van der Waals surface area contributed by atoms with Crippen molar-refractivity contribution in [1.29, 1.82) is 0 Å². The zero-order chi connectivity index (χ0) is 26.8. The van der Waals surface area contributed by atoms with Crippen LogP contribution in [-0.2, 0) is 6.54 Å². The minimum Gasteiger partial charge on any atom is -0.383 e. The molecule has 4 heterocycles. The lowest BCUT2D eigenvalue weighted by Gasteiger charge is -2.16. The molecule has 38 heavy (non-hydrogen) atoms. The van der Waals surface area contributed by atoms with Crippen LogP contribution in [0, 0.1) is 17.5 Å². The number of fused-ring (bicyclic) bond motifs is 1. The third-order valence-electron chi connectivity index (χ3n) is 5.79. The molecule has 5 aromatic rings. The van der Waals surface area contributed by atoms with Crippen LogP contribution < -0.4 is 16.4 Å². The first-order valence-electron chi connectivity index (χ1n) is 11.4. The number of amides is 1. The Balaban J connectivity index is 1.31.